The number of anilines is 2. The van der Waals surface area contributed by atoms with Gasteiger partial charge >= 0.3 is 0 Å². The summed E-state index contributed by atoms with van der Waals surface area (Å²) >= 11 is 0. The van der Waals surface area contributed by atoms with Crippen LogP contribution in [0.3, 0.4) is 0 Å². The fourth-order valence-corrected chi connectivity index (χ4v) is 4.04. The Balaban J connectivity index is 1.72. The molecule has 31 heavy (non-hydrogen) atoms. The molecule has 2 aliphatic heterocycles. The minimum Gasteiger partial charge on any atom is -0.378 e. The molecule has 2 aromatic carbocycles. The molecular weight excluding hydrogens is 388 g/mol. The zero-order chi connectivity index (χ0) is 22.0. The van der Waals surface area contributed by atoms with Crippen molar-refractivity contribution in [1.29, 1.82) is 0 Å². The first-order chi connectivity index (χ1) is 14.9. The van der Waals surface area contributed by atoms with Crippen molar-refractivity contribution in [2.24, 2.45) is 15.7 Å². The van der Waals surface area contributed by atoms with E-state index in [4.69, 9.17) is 10.5 Å². The van der Waals surface area contributed by atoms with Gasteiger partial charge in [0.15, 0.2) is 0 Å². The Bertz CT molecular complexity index is 956. The van der Waals surface area contributed by atoms with E-state index in [2.05, 4.69) is 95.3 Å². The van der Waals surface area contributed by atoms with Crippen LogP contribution >= 0.6 is 0 Å². The number of aliphatic imine (C=N–C) groups is 2. The van der Waals surface area contributed by atoms with Gasteiger partial charge in [-0.1, -0.05) is 32.0 Å². The van der Waals surface area contributed by atoms with E-state index in [1.54, 1.807) is 0 Å². The third-order valence-electron chi connectivity index (χ3n) is 5.58. The summed E-state index contributed by atoms with van der Waals surface area (Å²) in [5.74, 6) is 1.55. The number of nitrogens with zero attached hydrogens (tertiary/aromatic N) is 4. The molecule has 0 spiro atoms. The van der Waals surface area contributed by atoms with Gasteiger partial charge in [0.2, 0.25) is 18.2 Å². The molecule has 3 N–H and O–H groups in total. The average Bonchev–Trinajstić information content (AvgIpc) is 2.73. The van der Waals surface area contributed by atoms with Crippen LogP contribution in [-0.4, -0.2) is 49.4 Å². The Kier molecular flexibility index (Phi) is 6.13. The number of guanidine groups is 2. The SMILES string of the molecule is Cc1cc(C)cc(NC2N=C(N)N=C(N3CCOCC3)N2c2ccc(C(C)C)cc2)c1. The Hall–Kier alpha value is -3.06. The summed E-state index contributed by atoms with van der Waals surface area (Å²) in [6.45, 7) is 11.5. The summed E-state index contributed by atoms with van der Waals surface area (Å²) in [6, 6.07) is 15.0. The van der Waals surface area contributed by atoms with Crippen LogP contribution in [0.1, 0.15) is 36.5 Å². The van der Waals surface area contributed by atoms with E-state index in [9.17, 15) is 0 Å². The number of nitrogens with two attached hydrogens (primary N) is 1. The van der Waals surface area contributed by atoms with Crippen LogP contribution in [0.4, 0.5) is 11.4 Å². The van der Waals surface area contributed by atoms with Crippen LogP contribution in [0, 0.1) is 13.8 Å². The minimum atomic E-state index is -0.401. The molecule has 2 aliphatic rings. The third kappa shape index (κ3) is 4.82. The van der Waals surface area contributed by atoms with Crippen molar-refractivity contribution in [1.82, 2.24) is 4.90 Å². The molecule has 0 bridgehead atoms. The molecule has 2 aromatic rings. The normalized spacial score (nSPS) is 19.3. The summed E-state index contributed by atoms with van der Waals surface area (Å²) in [6.07, 6.45) is -0.401. The second kappa shape index (κ2) is 8.98. The van der Waals surface area contributed by atoms with Gasteiger partial charge in [-0.2, -0.15) is 4.99 Å². The molecule has 1 unspecified atom stereocenters. The monoisotopic (exact) mass is 420 g/mol. The van der Waals surface area contributed by atoms with Crippen molar-refractivity contribution >= 4 is 23.3 Å². The highest BCUT2D eigenvalue weighted by molar-refractivity contribution is 6.06. The molecule has 0 radical (unpaired) electrons. The van der Waals surface area contributed by atoms with E-state index in [-0.39, 0.29) is 5.96 Å². The zero-order valence-electron chi connectivity index (χ0n) is 18.8. The van der Waals surface area contributed by atoms with Crippen molar-refractivity contribution in [3.63, 3.8) is 0 Å². The number of hydrogen-bond donors (Lipinski definition) is 2. The molecule has 0 aliphatic carbocycles. The lowest BCUT2D eigenvalue weighted by Crippen LogP contribution is -2.57. The number of aryl methyl sites for hydroxylation is 2. The Labute approximate surface area is 184 Å². The standard InChI is InChI=1S/C24H32N6O/c1-16(2)19-5-7-21(8-6-19)30-23(26-20-14-17(3)13-18(4)15-20)27-22(25)28-24(30)29-9-11-31-12-10-29/h5-8,13-16,23,26H,9-12H2,1-4H3,(H2,25,27). The summed E-state index contributed by atoms with van der Waals surface area (Å²) in [5.41, 5.74) is 11.9. The van der Waals surface area contributed by atoms with Crippen LogP contribution in [0.2, 0.25) is 0 Å². The Morgan fingerprint density at radius 3 is 2.29 bits per heavy atom. The largest absolute Gasteiger partial charge is 0.378 e. The maximum absolute atomic E-state index is 6.18. The number of hydrogen-bond acceptors (Lipinski definition) is 7. The van der Waals surface area contributed by atoms with Gasteiger partial charge in [-0.05, 0) is 60.7 Å². The van der Waals surface area contributed by atoms with Crippen molar-refractivity contribution in [3.8, 4) is 0 Å². The summed E-state index contributed by atoms with van der Waals surface area (Å²) in [7, 11) is 0. The van der Waals surface area contributed by atoms with E-state index >= 15 is 0 Å². The van der Waals surface area contributed by atoms with Crippen LogP contribution in [-0.2, 0) is 4.74 Å². The quantitative estimate of drug-likeness (QED) is 0.789. The van der Waals surface area contributed by atoms with Gasteiger partial charge in [-0.25, -0.2) is 4.99 Å². The summed E-state index contributed by atoms with van der Waals surface area (Å²) in [4.78, 5) is 13.7. The lowest BCUT2D eigenvalue weighted by atomic mass is 10.0. The van der Waals surface area contributed by atoms with E-state index < -0.39 is 6.29 Å². The number of nitrogens with one attached hydrogen (secondary N) is 1. The van der Waals surface area contributed by atoms with Crippen molar-refractivity contribution in [3.05, 3.63) is 59.2 Å². The minimum absolute atomic E-state index is 0.276. The zero-order valence-corrected chi connectivity index (χ0v) is 18.8. The maximum atomic E-state index is 6.18. The van der Waals surface area contributed by atoms with Crippen molar-refractivity contribution < 1.29 is 4.74 Å². The molecule has 2 heterocycles. The molecule has 1 saturated heterocycles. The lowest BCUT2D eigenvalue weighted by Gasteiger charge is -2.41. The molecule has 1 fully saturated rings. The van der Waals surface area contributed by atoms with Gasteiger partial charge in [0.05, 0.1) is 13.2 Å². The molecule has 0 saturated carbocycles. The number of morpholine rings is 1. The van der Waals surface area contributed by atoms with Crippen molar-refractivity contribution in [2.45, 2.75) is 39.9 Å². The number of ether oxygens (including phenoxy) is 1. The van der Waals surface area contributed by atoms with E-state index in [0.717, 1.165) is 30.4 Å². The predicted octanol–water partition coefficient (Wildman–Crippen LogP) is 3.65. The fourth-order valence-electron chi connectivity index (χ4n) is 4.04. The third-order valence-corrected chi connectivity index (χ3v) is 5.58. The molecule has 164 valence electrons. The van der Waals surface area contributed by atoms with E-state index in [1.807, 2.05) is 0 Å². The van der Waals surface area contributed by atoms with Crippen LogP contribution in [0.25, 0.3) is 0 Å². The van der Waals surface area contributed by atoms with Gasteiger partial charge in [0, 0.05) is 24.5 Å². The van der Waals surface area contributed by atoms with Crippen molar-refractivity contribution in [2.75, 3.05) is 36.5 Å². The van der Waals surface area contributed by atoms with Gasteiger partial charge in [-0.3, -0.25) is 4.90 Å². The van der Waals surface area contributed by atoms with Crippen LogP contribution < -0.4 is 16.0 Å². The lowest BCUT2D eigenvalue weighted by molar-refractivity contribution is 0.0671. The molecular formula is C24H32N6O. The first kappa shape index (κ1) is 21.2. The molecule has 0 amide bonds. The highest BCUT2D eigenvalue weighted by atomic mass is 16.5. The molecule has 0 aromatic heterocycles. The highest BCUT2D eigenvalue weighted by Gasteiger charge is 2.32. The van der Waals surface area contributed by atoms with Crippen LogP contribution in [0.5, 0.6) is 0 Å². The van der Waals surface area contributed by atoms with E-state index in [1.165, 1.54) is 16.7 Å². The highest BCUT2D eigenvalue weighted by Crippen LogP contribution is 2.27. The predicted molar refractivity (Wildman–Crippen MR) is 128 cm³/mol. The first-order valence-corrected chi connectivity index (χ1v) is 10.9. The molecule has 4 rings (SSSR count). The fraction of sp³-hybridized carbons (Fsp3) is 0.417. The van der Waals surface area contributed by atoms with Gasteiger partial charge in [-0.15, -0.1) is 0 Å². The molecule has 7 heteroatoms. The van der Waals surface area contributed by atoms with Crippen LogP contribution in [0.15, 0.2) is 52.4 Å². The van der Waals surface area contributed by atoms with E-state index in [0.29, 0.717) is 19.1 Å². The molecule has 1 atom stereocenters. The number of benzene rings is 2. The second-order valence-corrected chi connectivity index (χ2v) is 8.51. The van der Waals surface area contributed by atoms with Gasteiger partial charge in [0.1, 0.15) is 0 Å². The smallest absolute Gasteiger partial charge is 0.222 e. The van der Waals surface area contributed by atoms with Gasteiger partial charge in [0.25, 0.3) is 0 Å². The average molecular weight is 421 g/mol. The molecule has 7 nitrogen and oxygen atoms in total. The second-order valence-electron chi connectivity index (χ2n) is 8.51. The van der Waals surface area contributed by atoms with Gasteiger partial charge < -0.3 is 20.7 Å². The maximum Gasteiger partial charge on any atom is 0.222 e. The number of rotatable bonds is 4. The Morgan fingerprint density at radius 1 is 1.03 bits per heavy atom. The summed E-state index contributed by atoms with van der Waals surface area (Å²) < 4.78 is 5.56. The summed E-state index contributed by atoms with van der Waals surface area (Å²) in [5, 5.41) is 3.57. The Morgan fingerprint density at radius 2 is 1.68 bits per heavy atom. The first-order valence-electron chi connectivity index (χ1n) is 10.9. The topological polar surface area (TPSA) is 78.5 Å².